The first kappa shape index (κ1) is 26.4. The van der Waals surface area contributed by atoms with E-state index < -0.39 is 0 Å². The van der Waals surface area contributed by atoms with E-state index in [1.54, 1.807) is 11.3 Å². The molecule has 6 aromatic rings. The lowest BCUT2D eigenvalue weighted by Crippen LogP contribution is -2.37. The molecule has 4 aromatic heterocycles. The van der Waals surface area contributed by atoms with Gasteiger partial charge in [-0.25, -0.2) is 15.0 Å². The zero-order chi connectivity index (χ0) is 26.8. The van der Waals surface area contributed by atoms with Crippen molar-refractivity contribution >= 4 is 83.7 Å². The summed E-state index contributed by atoms with van der Waals surface area (Å²) in [5.74, 6) is 0.915. The van der Waals surface area contributed by atoms with E-state index in [1.807, 2.05) is 53.9 Å². The lowest BCUT2D eigenvalue weighted by Gasteiger charge is -2.28. The Hall–Kier alpha value is -2.85. The lowest BCUT2D eigenvalue weighted by molar-refractivity contribution is 0.122. The molecule has 196 valence electrons. The normalized spacial score (nSPS) is 13.5. The zero-order valence-electron chi connectivity index (χ0n) is 20.4. The van der Waals surface area contributed by atoms with E-state index in [0.717, 1.165) is 50.5 Å². The molecule has 0 radical (unpaired) electrons. The highest BCUT2D eigenvalue weighted by Crippen LogP contribution is 2.39. The highest BCUT2D eigenvalue weighted by molar-refractivity contribution is 7.17. The van der Waals surface area contributed by atoms with Crippen LogP contribution in [0.25, 0.3) is 42.7 Å². The predicted molar refractivity (Wildman–Crippen MR) is 164 cm³/mol. The van der Waals surface area contributed by atoms with E-state index in [-0.39, 0.29) is 5.28 Å². The molecule has 1 saturated heterocycles. The average Bonchev–Trinajstić information content (AvgIpc) is 3.59. The number of morpholine rings is 1. The van der Waals surface area contributed by atoms with Gasteiger partial charge in [-0.15, -0.1) is 22.7 Å². The molecular formula is C28H20Cl3N5OS2. The minimum Gasteiger partial charge on any atom is -0.378 e. The van der Waals surface area contributed by atoms with Crippen molar-refractivity contribution in [3.63, 3.8) is 0 Å². The molecule has 0 saturated carbocycles. The van der Waals surface area contributed by atoms with Crippen LogP contribution in [-0.4, -0.2) is 46.2 Å². The standard InChI is InChI=1S/C16H14ClN3OS.C12H6Cl2N2S/c17-16-18-14(20-6-8-21-9-7-20)13-12(10-22-15(13)19-16)11-4-2-1-3-5-11;13-10-9-8(7-4-2-1-3-5-7)6-17-11(9)16-12(14)15-10/h1-5,10H,6-9H2;1-6H. The summed E-state index contributed by atoms with van der Waals surface area (Å²) in [4.78, 5) is 21.0. The first-order chi connectivity index (χ1) is 19.1. The maximum atomic E-state index is 6.13. The number of fused-ring (bicyclic) bond motifs is 2. The quantitative estimate of drug-likeness (QED) is 0.147. The van der Waals surface area contributed by atoms with Crippen molar-refractivity contribution in [2.24, 2.45) is 0 Å². The lowest BCUT2D eigenvalue weighted by atomic mass is 10.1. The van der Waals surface area contributed by atoms with Crippen LogP contribution < -0.4 is 4.90 Å². The molecule has 0 N–H and O–H groups in total. The van der Waals surface area contributed by atoms with Crippen LogP contribution in [0.1, 0.15) is 0 Å². The SMILES string of the molecule is Clc1nc(Cl)c2c(-c3ccccc3)csc2n1.Clc1nc(N2CCOCC2)c2c(-c3ccccc3)csc2n1. The summed E-state index contributed by atoms with van der Waals surface area (Å²) in [6, 6.07) is 20.4. The van der Waals surface area contributed by atoms with Gasteiger partial charge in [-0.05, 0) is 34.3 Å². The Morgan fingerprint density at radius 2 is 1.15 bits per heavy atom. The van der Waals surface area contributed by atoms with Crippen molar-refractivity contribution in [1.82, 2.24) is 19.9 Å². The first-order valence-corrected chi connectivity index (χ1v) is 15.0. The molecule has 1 aliphatic heterocycles. The Bertz CT molecular complexity index is 1740. The second-order valence-electron chi connectivity index (χ2n) is 8.59. The molecule has 2 aromatic carbocycles. The fourth-order valence-electron chi connectivity index (χ4n) is 4.44. The molecule has 7 rings (SSSR count). The van der Waals surface area contributed by atoms with Gasteiger partial charge >= 0.3 is 0 Å². The van der Waals surface area contributed by atoms with E-state index in [0.29, 0.717) is 23.7 Å². The van der Waals surface area contributed by atoms with Crippen molar-refractivity contribution in [3.05, 3.63) is 87.1 Å². The van der Waals surface area contributed by atoms with Crippen molar-refractivity contribution in [2.45, 2.75) is 0 Å². The number of benzene rings is 2. The van der Waals surface area contributed by atoms with Crippen LogP contribution >= 0.6 is 57.5 Å². The number of aromatic nitrogens is 4. The minimum absolute atomic E-state index is 0.184. The fraction of sp³-hybridized carbons (Fsp3) is 0.143. The number of anilines is 1. The Labute approximate surface area is 247 Å². The maximum Gasteiger partial charge on any atom is 0.225 e. The van der Waals surface area contributed by atoms with Crippen molar-refractivity contribution in [2.75, 3.05) is 31.2 Å². The van der Waals surface area contributed by atoms with Gasteiger partial charge in [0.1, 0.15) is 20.6 Å². The fourth-order valence-corrected chi connectivity index (χ4v) is 7.13. The second-order valence-corrected chi connectivity index (χ2v) is 11.3. The number of rotatable bonds is 3. The number of ether oxygens (including phenoxy) is 1. The van der Waals surface area contributed by atoms with E-state index >= 15 is 0 Å². The molecule has 5 heterocycles. The molecule has 1 fully saturated rings. The van der Waals surface area contributed by atoms with E-state index in [2.05, 4.69) is 42.3 Å². The van der Waals surface area contributed by atoms with Crippen LogP contribution in [0, 0.1) is 0 Å². The molecule has 0 spiro atoms. The number of nitrogens with zero attached hydrogens (tertiary/aromatic N) is 5. The third kappa shape index (κ3) is 5.59. The largest absolute Gasteiger partial charge is 0.378 e. The minimum atomic E-state index is 0.184. The second kappa shape index (κ2) is 11.7. The van der Waals surface area contributed by atoms with Crippen molar-refractivity contribution < 1.29 is 4.74 Å². The van der Waals surface area contributed by atoms with Gasteiger partial charge in [-0.3, -0.25) is 0 Å². The summed E-state index contributed by atoms with van der Waals surface area (Å²) in [5, 5.41) is 7.00. The van der Waals surface area contributed by atoms with Gasteiger partial charge in [0, 0.05) is 35.0 Å². The van der Waals surface area contributed by atoms with Crippen LogP contribution in [0.5, 0.6) is 0 Å². The predicted octanol–water partition coefficient (Wildman–Crippen LogP) is 8.51. The van der Waals surface area contributed by atoms with Crippen molar-refractivity contribution in [3.8, 4) is 22.3 Å². The van der Waals surface area contributed by atoms with Gasteiger partial charge in [0.25, 0.3) is 0 Å². The van der Waals surface area contributed by atoms with Gasteiger partial charge in [-0.1, -0.05) is 72.3 Å². The maximum absolute atomic E-state index is 6.13. The Morgan fingerprint density at radius 3 is 1.74 bits per heavy atom. The molecule has 0 aliphatic carbocycles. The Kier molecular flexibility index (Phi) is 7.92. The summed E-state index contributed by atoms with van der Waals surface area (Å²) in [5.41, 5.74) is 4.49. The van der Waals surface area contributed by atoms with Crippen LogP contribution in [-0.2, 0) is 4.74 Å². The molecule has 11 heteroatoms. The number of hydrogen-bond donors (Lipinski definition) is 0. The number of hydrogen-bond acceptors (Lipinski definition) is 8. The van der Waals surface area contributed by atoms with Crippen molar-refractivity contribution in [1.29, 1.82) is 0 Å². The Morgan fingerprint density at radius 1 is 0.641 bits per heavy atom. The van der Waals surface area contributed by atoms with Gasteiger partial charge in [0.15, 0.2) is 0 Å². The molecule has 1 aliphatic rings. The van der Waals surface area contributed by atoms with Crippen LogP contribution in [0.3, 0.4) is 0 Å². The summed E-state index contributed by atoms with van der Waals surface area (Å²) in [7, 11) is 0. The molecule has 0 unspecified atom stereocenters. The van der Waals surface area contributed by atoms with E-state index in [4.69, 9.17) is 39.5 Å². The molecule has 0 atom stereocenters. The van der Waals surface area contributed by atoms with Gasteiger partial charge in [-0.2, -0.15) is 4.98 Å². The highest BCUT2D eigenvalue weighted by Gasteiger charge is 2.21. The summed E-state index contributed by atoms with van der Waals surface area (Å²) in [6.45, 7) is 3.08. The van der Waals surface area contributed by atoms with Crippen LogP contribution in [0.15, 0.2) is 71.4 Å². The highest BCUT2D eigenvalue weighted by atomic mass is 35.5. The third-order valence-electron chi connectivity index (χ3n) is 6.23. The van der Waals surface area contributed by atoms with Crippen LogP contribution in [0.4, 0.5) is 5.82 Å². The van der Waals surface area contributed by atoms with E-state index in [9.17, 15) is 0 Å². The average molecular weight is 613 g/mol. The molecule has 0 bridgehead atoms. The molecule has 6 nitrogen and oxygen atoms in total. The van der Waals surface area contributed by atoms with E-state index in [1.165, 1.54) is 22.5 Å². The summed E-state index contributed by atoms with van der Waals surface area (Å²) in [6.07, 6.45) is 0. The molecule has 39 heavy (non-hydrogen) atoms. The summed E-state index contributed by atoms with van der Waals surface area (Å²) < 4.78 is 5.44. The number of halogens is 3. The summed E-state index contributed by atoms with van der Waals surface area (Å²) >= 11 is 21.2. The number of thiophene rings is 2. The Balaban J connectivity index is 0.000000147. The third-order valence-corrected chi connectivity index (χ3v) is 8.59. The van der Waals surface area contributed by atoms with Gasteiger partial charge in [0.2, 0.25) is 10.6 Å². The monoisotopic (exact) mass is 611 g/mol. The molecular weight excluding hydrogens is 593 g/mol. The zero-order valence-corrected chi connectivity index (χ0v) is 24.3. The van der Waals surface area contributed by atoms with Gasteiger partial charge < -0.3 is 9.64 Å². The molecule has 0 amide bonds. The van der Waals surface area contributed by atoms with Crippen LogP contribution in [0.2, 0.25) is 15.7 Å². The first-order valence-electron chi connectivity index (χ1n) is 12.1. The van der Waals surface area contributed by atoms with Gasteiger partial charge in [0.05, 0.1) is 24.0 Å². The topological polar surface area (TPSA) is 64.0 Å². The smallest absolute Gasteiger partial charge is 0.225 e.